The first-order valence-electron chi connectivity index (χ1n) is 6.47. The molecular formula is C13H17FO3S. The maximum Gasteiger partial charge on any atom is 0.354 e. The molecule has 0 saturated heterocycles. The van der Waals surface area contributed by atoms with E-state index in [1.165, 1.54) is 0 Å². The minimum absolute atomic E-state index is 0.0230. The van der Waals surface area contributed by atoms with Gasteiger partial charge >= 0.3 is 5.97 Å². The van der Waals surface area contributed by atoms with Crippen molar-refractivity contribution in [1.82, 2.24) is 0 Å². The summed E-state index contributed by atoms with van der Waals surface area (Å²) in [7, 11) is 0. The van der Waals surface area contributed by atoms with Gasteiger partial charge in [0.1, 0.15) is 11.4 Å². The Morgan fingerprint density at radius 1 is 1.39 bits per heavy atom. The van der Waals surface area contributed by atoms with E-state index in [4.69, 9.17) is 4.74 Å². The van der Waals surface area contributed by atoms with Gasteiger partial charge in [0, 0.05) is 11.8 Å². The lowest BCUT2D eigenvalue weighted by atomic mass is 9.53. The molecule has 100 valence electrons. The van der Waals surface area contributed by atoms with Crippen LogP contribution in [0.4, 0.5) is 4.39 Å². The molecule has 0 aromatic heterocycles. The summed E-state index contributed by atoms with van der Waals surface area (Å²) in [6.07, 6.45) is 3.77. The van der Waals surface area contributed by atoms with E-state index >= 15 is 0 Å². The summed E-state index contributed by atoms with van der Waals surface area (Å²) < 4.78 is 18.9. The van der Waals surface area contributed by atoms with Crippen LogP contribution in [0.3, 0.4) is 0 Å². The lowest BCUT2D eigenvalue weighted by molar-refractivity contribution is -0.194. The fourth-order valence-electron chi connectivity index (χ4n) is 4.09. The largest absolute Gasteiger partial charge is 0.456 e. The van der Waals surface area contributed by atoms with Crippen molar-refractivity contribution < 1.29 is 18.7 Å². The Hall–Kier alpha value is -0.580. The number of ether oxygens (including phenoxy) is 1. The second kappa shape index (κ2) is 3.71. The van der Waals surface area contributed by atoms with Crippen LogP contribution in [0.15, 0.2) is 0 Å². The van der Waals surface area contributed by atoms with Crippen molar-refractivity contribution in [2.45, 2.75) is 49.6 Å². The van der Waals surface area contributed by atoms with Crippen molar-refractivity contribution in [1.29, 1.82) is 0 Å². The first-order valence-corrected chi connectivity index (χ1v) is 6.92. The van der Waals surface area contributed by atoms with Crippen molar-refractivity contribution in [3.05, 3.63) is 0 Å². The second-order valence-electron chi connectivity index (χ2n) is 6.27. The Labute approximate surface area is 111 Å². The molecule has 0 aliphatic heterocycles. The van der Waals surface area contributed by atoms with Crippen molar-refractivity contribution in [2.24, 2.45) is 17.8 Å². The molecule has 0 amide bonds. The minimum atomic E-state index is -2.26. The van der Waals surface area contributed by atoms with Gasteiger partial charge in [0.2, 0.25) is 5.00 Å². The Balaban J connectivity index is 1.81. The summed E-state index contributed by atoms with van der Waals surface area (Å²) in [5, 5.41) is -2.26. The summed E-state index contributed by atoms with van der Waals surface area (Å²) in [5.41, 5.74) is -0.600. The number of esters is 1. The van der Waals surface area contributed by atoms with E-state index in [1.807, 2.05) is 0 Å². The third-order valence-electron chi connectivity index (χ3n) is 4.62. The Bertz CT molecular complexity index is 397. The van der Waals surface area contributed by atoms with Crippen LogP contribution < -0.4 is 0 Å². The van der Waals surface area contributed by atoms with Crippen LogP contribution in [0.1, 0.15) is 39.0 Å². The van der Waals surface area contributed by atoms with Crippen LogP contribution in [0, 0.1) is 17.8 Å². The predicted octanol–water partition coefficient (Wildman–Crippen LogP) is 2.29. The zero-order valence-corrected chi connectivity index (χ0v) is 11.2. The molecule has 18 heavy (non-hydrogen) atoms. The van der Waals surface area contributed by atoms with Crippen LogP contribution in [0.25, 0.3) is 0 Å². The highest BCUT2D eigenvalue weighted by atomic mass is 32.1. The number of halogens is 1. The molecule has 4 rings (SSSR count). The smallest absolute Gasteiger partial charge is 0.354 e. The second-order valence-corrected chi connectivity index (χ2v) is 7.11. The molecule has 0 radical (unpaired) electrons. The van der Waals surface area contributed by atoms with Gasteiger partial charge in [-0.15, -0.1) is 12.6 Å². The Kier molecular flexibility index (Phi) is 2.57. The van der Waals surface area contributed by atoms with Gasteiger partial charge in [0.15, 0.2) is 0 Å². The van der Waals surface area contributed by atoms with Gasteiger partial charge in [-0.3, -0.25) is 4.79 Å². The van der Waals surface area contributed by atoms with E-state index in [1.54, 1.807) is 0 Å². The number of ketones is 1. The average molecular weight is 272 g/mol. The van der Waals surface area contributed by atoms with E-state index in [-0.39, 0.29) is 11.8 Å². The lowest BCUT2D eigenvalue weighted by Gasteiger charge is -2.54. The third-order valence-corrected chi connectivity index (χ3v) is 4.80. The highest BCUT2D eigenvalue weighted by Crippen LogP contribution is 2.55. The maximum atomic E-state index is 13.5. The number of hydrogen-bond donors (Lipinski definition) is 1. The molecule has 0 spiro atoms. The van der Waals surface area contributed by atoms with Crippen molar-refractivity contribution in [2.75, 3.05) is 0 Å². The third kappa shape index (κ3) is 1.87. The van der Waals surface area contributed by atoms with E-state index in [2.05, 4.69) is 12.6 Å². The fraction of sp³-hybridized carbons (Fsp3) is 0.846. The topological polar surface area (TPSA) is 43.4 Å². The zero-order chi connectivity index (χ0) is 13.1. The number of thiol groups is 1. The van der Waals surface area contributed by atoms with E-state index in [0.29, 0.717) is 24.5 Å². The van der Waals surface area contributed by atoms with Gasteiger partial charge in [0.05, 0.1) is 0 Å². The molecule has 3 nitrogen and oxygen atoms in total. The molecule has 4 aliphatic rings. The minimum Gasteiger partial charge on any atom is -0.456 e. The molecule has 4 fully saturated rings. The van der Waals surface area contributed by atoms with Gasteiger partial charge in [-0.05, 0) is 44.9 Å². The Morgan fingerprint density at radius 2 is 1.94 bits per heavy atom. The van der Waals surface area contributed by atoms with Crippen LogP contribution in [0.2, 0.25) is 0 Å². The molecule has 5 heteroatoms. The summed E-state index contributed by atoms with van der Waals surface area (Å²) in [4.78, 5) is 23.6. The standard InChI is InChI=1S/C13H17FO3S/c1-12(14,18)11(16)17-13-4-7-2-8(5-13)10(15)9(3-7)6-13/h7-9,18H,2-6H2,1H3. The first kappa shape index (κ1) is 12.5. The van der Waals surface area contributed by atoms with Gasteiger partial charge in [-0.25, -0.2) is 9.18 Å². The highest BCUT2D eigenvalue weighted by molar-refractivity contribution is 7.82. The zero-order valence-electron chi connectivity index (χ0n) is 10.3. The number of hydrogen-bond acceptors (Lipinski definition) is 4. The molecule has 4 saturated carbocycles. The molecule has 4 bridgehead atoms. The average Bonchev–Trinajstić information content (AvgIpc) is 2.22. The summed E-state index contributed by atoms with van der Waals surface area (Å²) in [6.45, 7) is 1.09. The van der Waals surface area contributed by atoms with Crippen LogP contribution in [-0.2, 0) is 14.3 Å². The summed E-state index contributed by atoms with van der Waals surface area (Å²) >= 11 is 3.61. The molecule has 0 aromatic carbocycles. The molecular weight excluding hydrogens is 255 g/mol. The number of Topliss-reactive ketones (excluding diaryl/α,β-unsaturated/α-hetero) is 1. The van der Waals surface area contributed by atoms with Crippen molar-refractivity contribution >= 4 is 24.4 Å². The quantitative estimate of drug-likeness (QED) is 0.619. The lowest BCUT2D eigenvalue weighted by Crippen LogP contribution is -2.57. The van der Waals surface area contributed by atoms with Crippen LogP contribution >= 0.6 is 12.6 Å². The molecule has 0 N–H and O–H groups in total. The van der Waals surface area contributed by atoms with E-state index in [0.717, 1.165) is 26.2 Å². The summed E-state index contributed by atoms with van der Waals surface area (Å²) in [6, 6.07) is 0. The SMILES string of the molecule is CC(F)(S)C(=O)OC12CC3CC(C1)C(=O)C(C3)C2. The van der Waals surface area contributed by atoms with Crippen LogP contribution in [-0.4, -0.2) is 22.4 Å². The monoisotopic (exact) mass is 272 g/mol. The van der Waals surface area contributed by atoms with E-state index in [9.17, 15) is 14.0 Å². The van der Waals surface area contributed by atoms with Gasteiger partial charge in [0.25, 0.3) is 0 Å². The fourth-order valence-corrected chi connectivity index (χ4v) is 4.14. The molecule has 3 atom stereocenters. The first-order chi connectivity index (χ1) is 8.29. The van der Waals surface area contributed by atoms with E-state index < -0.39 is 16.6 Å². The number of rotatable bonds is 2. The van der Waals surface area contributed by atoms with Crippen molar-refractivity contribution in [3.8, 4) is 0 Å². The molecule has 0 aromatic rings. The van der Waals surface area contributed by atoms with Crippen LogP contribution in [0.5, 0.6) is 0 Å². The molecule has 0 heterocycles. The van der Waals surface area contributed by atoms with Gasteiger partial charge in [-0.2, -0.15) is 0 Å². The molecule has 3 unspecified atom stereocenters. The highest BCUT2D eigenvalue weighted by Gasteiger charge is 2.57. The van der Waals surface area contributed by atoms with Gasteiger partial charge < -0.3 is 4.74 Å². The van der Waals surface area contributed by atoms with Crippen molar-refractivity contribution in [3.63, 3.8) is 0 Å². The number of alkyl halides is 1. The molecule has 4 aliphatic carbocycles. The van der Waals surface area contributed by atoms with Gasteiger partial charge in [-0.1, -0.05) is 0 Å². The summed E-state index contributed by atoms with van der Waals surface area (Å²) in [5.74, 6) is -0.0878. The maximum absolute atomic E-state index is 13.5. The number of carbonyl (C=O) groups excluding carboxylic acids is 2. The number of carbonyl (C=O) groups is 2. The predicted molar refractivity (Wildman–Crippen MR) is 65.9 cm³/mol. The Morgan fingerprint density at radius 3 is 2.44 bits per heavy atom. The normalized spacial score (nSPS) is 44.8.